The molecule has 0 saturated heterocycles. The van der Waals surface area contributed by atoms with Crippen molar-refractivity contribution in [1.29, 1.82) is 0 Å². The first-order chi connectivity index (χ1) is 12.2. The number of ether oxygens (including phenoxy) is 1. The van der Waals surface area contributed by atoms with Crippen LogP contribution in [0.1, 0.15) is 0 Å². The Morgan fingerprint density at radius 2 is 1.64 bits per heavy atom. The zero-order valence-corrected chi connectivity index (χ0v) is 14.3. The molecule has 0 unspecified atom stereocenters. The molecule has 0 fully saturated rings. The Balaban J connectivity index is 1.61. The van der Waals surface area contributed by atoms with Gasteiger partial charge in [0.25, 0.3) is 0 Å². The van der Waals surface area contributed by atoms with Gasteiger partial charge in [-0.25, -0.2) is 0 Å². The molecule has 0 saturated carbocycles. The first kappa shape index (κ1) is 16.5. The summed E-state index contributed by atoms with van der Waals surface area (Å²) in [6, 6.07) is 15.6. The van der Waals surface area contributed by atoms with Crippen LogP contribution in [0.5, 0.6) is 5.75 Å². The van der Waals surface area contributed by atoms with Crippen molar-refractivity contribution in [2.75, 3.05) is 19.5 Å². The molecule has 0 radical (unpaired) electrons. The van der Waals surface area contributed by atoms with Crippen LogP contribution in [0.3, 0.4) is 0 Å². The van der Waals surface area contributed by atoms with Crippen molar-refractivity contribution in [3.05, 3.63) is 84.9 Å². The second kappa shape index (κ2) is 7.97. The number of nitrogens with one attached hydrogen (secondary N) is 1. The van der Waals surface area contributed by atoms with Crippen molar-refractivity contribution < 1.29 is 4.74 Å². The maximum absolute atomic E-state index is 5.16. The van der Waals surface area contributed by atoms with Gasteiger partial charge in [0.2, 0.25) is 0 Å². The van der Waals surface area contributed by atoms with Crippen LogP contribution in [0.25, 0.3) is 0 Å². The topological polar surface area (TPSA) is 49.2 Å². The van der Waals surface area contributed by atoms with Gasteiger partial charge < -0.3 is 15.0 Å². The molecule has 1 aliphatic rings. The average Bonchev–Trinajstić information content (AvgIpc) is 2.65. The molecule has 0 atom stereocenters. The highest BCUT2D eigenvalue weighted by Gasteiger charge is 1.99. The first-order valence-corrected chi connectivity index (χ1v) is 7.94. The molecule has 0 bridgehead atoms. The van der Waals surface area contributed by atoms with Gasteiger partial charge in [0.1, 0.15) is 5.75 Å². The molecular weight excluding hydrogens is 312 g/mol. The number of rotatable bonds is 5. The highest BCUT2D eigenvalue weighted by atomic mass is 16.5. The molecule has 2 aromatic rings. The maximum Gasteiger partial charge on any atom is 0.119 e. The standard InChI is InChI=1S/C20H20N4O/c1-24-14-4-3-5-19(24)15-21-23-18-8-6-16(7-9-18)22-17-10-12-20(25-2)13-11-17/h3-15,22H,1-2H3/b19-15+,23-21?. The molecule has 1 aliphatic heterocycles. The van der Waals surface area contributed by atoms with E-state index in [4.69, 9.17) is 4.74 Å². The second-order valence-electron chi connectivity index (χ2n) is 5.48. The van der Waals surface area contributed by atoms with Crippen LogP contribution in [0.4, 0.5) is 17.1 Å². The fraction of sp³-hybridized carbons (Fsp3) is 0.100. The van der Waals surface area contributed by atoms with E-state index in [9.17, 15) is 0 Å². The van der Waals surface area contributed by atoms with Crippen LogP contribution in [0, 0.1) is 0 Å². The lowest BCUT2D eigenvalue weighted by atomic mass is 10.2. The normalized spacial score (nSPS) is 15.1. The van der Waals surface area contributed by atoms with Crippen LogP contribution in [0.2, 0.25) is 0 Å². The van der Waals surface area contributed by atoms with E-state index in [0.717, 1.165) is 28.5 Å². The second-order valence-corrected chi connectivity index (χ2v) is 5.48. The van der Waals surface area contributed by atoms with Gasteiger partial charge in [-0.05, 0) is 60.7 Å². The molecule has 0 spiro atoms. The number of nitrogens with zero attached hydrogens (tertiary/aromatic N) is 3. The van der Waals surface area contributed by atoms with Gasteiger partial charge in [0.05, 0.1) is 24.7 Å². The Kier molecular flexibility index (Phi) is 5.26. The minimum atomic E-state index is 0.801. The van der Waals surface area contributed by atoms with Crippen molar-refractivity contribution in [2.45, 2.75) is 0 Å². The molecule has 1 heterocycles. The summed E-state index contributed by atoms with van der Waals surface area (Å²) in [6.45, 7) is 0. The van der Waals surface area contributed by atoms with Gasteiger partial charge in [0.15, 0.2) is 0 Å². The number of benzene rings is 2. The maximum atomic E-state index is 5.16. The lowest BCUT2D eigenvalue weighted by Gasteiger charge is -2.16. The van der Waals surface area contributed by atoms with E-state index in [1.165, 1.54) is 0 Å². The van der Waals surface area contributed by atoms with Gasteiger partial charge in [-0.15, -0.1) is 0 Å². The first-order valence-electron chi connectivity index (χ1n) is 7.94. The molecule has 5 nitrogen and oxygen atoms in total. The van der Waals surface area contributed by atoms with E-state index >= 15 is 0 Å². The number of anilines is 2. The fourth-order valence-corrected chi connectivity index (χ4v) is 2.28. The lowest BCUT2D eigenvalue weighted by Crippen LogP contribution is -2.09. The van der Waals surface area contributed by atoms with Crippen molar-refractivity contribution in [3.8, 4) is 5.75 Å². The Labute approximate surface area is 147 Å². The predicted octanol–water partition coefficient (Wildman–Crippen LogP) is 5.38. The zero-order chi connectivity index (χ0) is 17.5. The third-order valence-electron chi connectivity index (χ3n) is 3.70. The van der Waals surface area contributed by atoms with Gasteiger partial charge in [-0.3, -0.25) is 0 Å². The van der Waals surface area contributed by atoms with Crippen LogP contribution < -0.4 is 10.1 Å². The largest absolute Gasteiger partial charge is 0.497 e. The van der Waals surface area contributed by atoms with E-state index in [0.29, 0.717) is 0 Å². The summed E-state index contributed by atoms with van der Waals surface area (Å²) in [5.41, 5.74) is 3.78. The number of allylic oxidation sites excluding steroid dienone is 3. The average molecular weight is 332 g/mol. The highest BCUT2D eigenvalue weighted by Crippen LogP contribution is 2.22. The van der Waals surface area contributed by atoms with Gasteiger partial charge in [0, 0.05) is 24.6 Å². The summed E-state index contributed by atoms with van der Waals surface area (Å²) >= 11 is 0. The predicted molar refractivity (Wildman–Crippen MR) is 101 cm³/mol. The quantitative estimate of drug-likeness (QED) is 0.748. The summed E-state index contributed by atoms with van der Waals surface area (Å²) in [5, 5.41) is 11.7. The van der Waals surface area contributed by atoms with E-state index in [-0.39, 0.29) is 0 Å². The van der Waals surface area contributed by atoms with Crippen LogP contribution in [-0.2, 0) is 0 Å². The molecule has 3 rings (SSSR count). The van der Waals surface area contributed by atoms with Gasteiger partial charge in [-0.1, -0.05) is 6.08 Å². The molecule has 0 aromatic heterocycles. The fourth-order valence-electron chi connectivity index (χ4n) is 2.28. The molecule has 126 valence electrons. The number of hydrogen-bond acceptors (Lipinski definition) is 5. The van der Waals surface area contributed by atoms with Crippen molar-refractivity contribution in [2.24, 2.45) is 10.2 Å². The summed E-state index contributed by atoms with van der Waals surface area (Å²) in [5.74, 6) is 0.837. The molecule has 1 N–H and O–H groups in total. The van der Waals surface area contributed by atoms with Crippen LogP contribution in [0.15, 0.2) is 95.1 Å². The molecule has 2 aromatic carbocycles. The van der Waals surface area contributed by atoms with Gasteiger partial charge in [-0.2, -0.15) is 10.2 Å². The number of hydrogen-bond donors (Lipinski definition) is 1. The zero-order valence-electron chi connectivity index (χ0n) is 14.3. The molecule has 25 heavy (non-hydrogen) atoms. The Morgan fingerprint density at radius 3 is 2.28 bits per heavy atom. The third kappa shape index (κ3) is 4.57. The van der Waals surface area contributed by atoms with Crippen molar-refractivity contribution >= 4 is 17.1 Å². The summed E-state index contributed by atoms with van der Waals surface area (Å²) in [7, 11) is 3.63. The SMILES string of the molecule is COc1ccc(Nc2ccc(N=N/C=C3\C=CC=CN3C)cc2)cc1. The van der Waals surface area contributed by atoms with Crippen molar-refractivity contribution in [3.63, 3.8) is 0 Å². The number of methoxy groups -OCH3 is 1. The monoisotopic (exact) mass is 332 g/mol. The third-order valence-corrected chi connectivity index (χ3v) is 3.70. The Hall–Kier alpha value is -3.34. The molecule has 0 aliphatic carbocycles. The Morgan fingerprint density at radius 1 is 0.960 bits per heavy atom. The lowest BCUT2D eigenvalue weighted by molar-refractivity contribution is 0.415. The highest BCUT2D eigenvalue weighted by molar-refractivity contribution is 5.62. The summed E-state index contributed by atoms with van der Waals surface area (Å²) < 4.78 is 5.16. The number of likely N-dealkylation sites (N-methyl/N-ethyl adjacent to an activating group) is 1. The molecular formula is C20H20N4O. The van der Waals surface area contributed by atoms with E-state index in [2.05, 4.69) is 15.5 Å². The minimum Gasteiger partial charge on any atom is -0.497 e. The van der Waals surface area contributed by atoms with Crippen LogP contribution >= 0.6 is 0 Å². The smallest absolute Gasteiger partial charge is 0.119 e. The van der Waals surface area contributed by atoms with Gasteiger partial charge >= 0.3 is 0 Å². The molecule has 0 amide bonds. The summed E-state index contributed by atoms with van der Waals surface area (Å²) in [4.78, 5) is 1.99. The van der Waals surface area contributed by atoms with E-state index < -0.39 is 0 Å². The molecule has 5 heteroatoms. The minimum absolute atomic E-state index is 0.801. The van der Waals surface area contributed by atoms with E-state index in [1.54, 1.807) is 13.3 Å². The van der Waals surface area contributed by atoms with E-state index in [1.807, 2.05) is 84.9 Å². The Bertz CT molecular complexity index is 818. The summed E-state index contributed by atoms with van der Waals surface area (Å²) in [6.07, 6.45) is 9.65. The number of azo groups is 1. The van der Waals surface area contributed by atoms with Crippen LogP contribution in [-0.4, -0.2) is 19.1 Å². The van der Waals surface area contributed by atoms with Crippen molar-refractivity contribution in [1.82, 2.24) is 4.90 Å².